The SMILES string of the molecule is Brc1ccccc1OCCCc1cccc2[nH]c3c(c12)CCNCC3.Cl. The van der Waals surface area contributed by atoms with Gasteiger partial charge in [0.05, 0.1) is 11.1 Å². The molecule has 0 aliphatic carbocycles. The van der Waals surface area contributed by atoms with E-state index in [1.165, 1.54) is 27.7 Å². The number of benzene rings is 2. The van der Waals surface area contributed by atoms with Gasteiger partial charge in [-0.25, -0.2) is 0 Å². The van der Waals surface area contributed by atoms with E-state index < -0.39 is 0 Å². The smallest absolute Gasteiger partial charge is 0.133 e. The van der Waals surface area contributed by atoms with E-state index in [-0.39, 0.29) is 12.4 Å². The Bertz CT molecular complexity index is 878. The maximum atomic E-state index is 5.92. The standard InChI is InChI=1S/C21H23BrN2O.ClH/c22-17-7-1-2-9-20(17)25-14-4-6-15-5-3-8-19-21(15)16-10-12-23-13-11-18(16)24-19;/h1-3,5,7-9,23-24H,4,6,10-14H2;1H. The number of nitrogens with one attached hydrogen (secondary N) is 2. The first-order chi connectivity index (χ1) is 12.3. The Kier molecular flexibility index (Phi) is 6.63. The number of H-pyrrole nitrogens is 1. The predicted molar refractivity (Wildman–Crippen MR) is 114 cm³/mol. The van der Waals surface area contributed by atoms with Gasteiger partial charge < -0.3 is 15.0 Å². The normalized spacial score (nSPS) is 13.7. The van der Waals surface area contributed by atoms with Crippen molar-refractivity contribution in [3.05, 3.63) is 63.8 Å². The van der Waals surface area contributed by atoms with Crippen LogP contribution in [0.5, 0.6) is 5.75 Å². The average molecular weight is 436 g/mol. The van der Waals surface area contributed by atoms with Crippen LogP contribution in [0.25, 0.3) is 10.9 Å². The highest BCUT2D eigenvalue weighted by atomic mass is 79.9. The van der Waals surface area contributed by atoms with Gasteiger partial charge in [0, 0.05) is 29.6 Å². The number of hydrogen-bond donors (Lipinski definition) is 2. The lowest BCUT2D eigenvalue weighted by molar-refractivity contribution is 0.309. The Morgan fingerprint density at radius 1 is 1.00 bits per heavy atom. The van der Waals surface area contributed by atoms with E-state index in [0.29, 0.717) is 0 Å². The van der Waals surface area contributed by atoms with Crippen LogP contribution >= 0.6 is 28.3 Å². The van der Waals surface area contributed by atoms with E-state index in [0.717, 1.165) is 55.6 Å². The van der Waals surface area contributed by atoms with Gasteiger partial charge in [0.25, 0.3) is 0 Å². The molecule has 2 aromatic carbocycles. The Balaban J connectivity index is 0.00000196. The first kappa shape index (κ1) is 19.3. The van der Waals surface area contributed by atoms with E-state index in [4.69, 9.17) is 4.74 Å². The molecule has 2 N–H and O–H groups in total. The van der Waals surface area contributed by atoms with Crippen LogP contribution in [0.4, 0.5) is 0 Å². The summed E-state index contributed by atoms with van der Waals surface area (Å²) < 4.78 is 6.93. The van der Waals surface area contributed by atoms with Gasteiger partial charge in [0.2, 0.25) is 0 Å². The molecule has 1 aliphatic rings. The van der Waals surface area contributed by atoms with Crippen molar-refractivity contribution >= 4 is 39.2 Å². The first-order valence-corrected chi connectivity index (χ1v) is 9.81. The number of aromatic amines is 1. The number of ether oxygens (including phenoxy) is 1. The number of fused-ring (bicyclic) bond motifs is 3. The fourth-order valence-corrected chi connectivity index (χ4v) is 4.10. The molecule has 4 rings (SSSR count). The Labute approximate surface area is 169 Å². The second-order valence-electron chi connectivity index (χ2n) is 6.55. The highest BCUT2D eigenvalue weighted by molar-refractivity contribution is 9.10. The summed E-state index contributed by atoms with van der Waals surface area (Å²) in [5.74, 6) is 0.919. The van der Waals surface area contributed by atoms with Crippen LogP contribution in [-0.2, 0) is 19.3 Å². The van der Waals surface area contributed by atoms with E-state index in [1.54, 1.807) is 0 Å². The summed E-state index contributed by atoms with van der Waals surface area (Å²) in [6, 6.07) is 14.7. The number of rotatable bonds is 5. The lowest BCUT2D eigenvalue weighted by atomic mass is 9.99. The second kappa shape index (κ2) is 8.94. The third kappa shape index (κ3) is 4.08. The second-order valence-corrected chi connectivity index (χ2v) is 7.41. The van der Waals surface area contributed by atoms with Crippen LogP contribution in [0.3, 0.4) is 0 Å². The number of halogens is 2. The minimum atomic E-state index is 0. The van der Waals surface area contributed by atoms with Crippen molar-refractivity contribution in [2.24, 2.45) is 0 Å². The molecule has 3 nitrogen and oxygen atoms in total. The number of hydrogen-bond acceptors (Lipinski definition) is 2. The van der Waals surface area contributed by atoms with E-state index in [9.17, 15) is 0 Å². The monoisotopic (exact) mass is 434 g/mol. The van der Waals surface area contributed by atoms with Gasteiger partial charge >= 0.3 is 0 Å². The zero-order valence-electron chi connectivity index (χ0n) is 14.7. The molecule has 0 saturated carbocycles. The molecule has 0 bridgehead atoms. The van der Waals surface area contributed by atoms with Gasteiger partial charge in [-0.15, -0.1) is 12.4 Å². The van der Waals surface area contributed by atoms with E-state index in [2.05, 4.69) is 44.4 Å². The lowest BCUT2D eigenvalue weighted by Crippen LogP contribution is -2.16. The Hall–Kier alpha value is -1.49. The summed E-state index contributed by atoms with van der Waals surface area (Å²) in [6.45, 7) is 2.86. The van der Waals surface area contributed by atoms with Crippen molar-refractivity contribution < 1.29 is 4.74 Å². The molecule has 0 amide bonds. The summed E-state index contributed by atoms with van der Waals surface area (Å²) in [4.78, 5) is 3.64. The summed E-state index contributed by atoms with van der Waals surface area (Å²) in [5.41, 5.74) is 5.66. The molecule has 3 aromatic rings. The summed E-state index contributed by atoms with van der Waals surface area (Å²) in [6.07, 6.45) is 4.26. The quantitative estimate of drug-likeness (QED) is 0.550. The zero-order valence-corrected chi connectivity index (χ0v) is 17.1. The third-order valence-corrected chi connectivity index (χ3v) is 5.55. The van der Waals surface area contributed by atoms with Crippen molar-refractivity contribution in [3.63, 3.8) is 0 Å². The van der Waals surface area contributed by atoms with Gasteiger partial charge in [-0.05, 0) is 71.1 Å². The van der Waals surface area contributed by atoms with Crippen LogP contribution in [0.1, 0.15) is 23.2 Å². The number of para-hydroxylation sites is 1. The van der Waals surface area contributed by atoms with Crippen molar-refractivity contribution in [1.82, 2.24) is 10.3 Å². The van der Waals surface area contributed by atoms with E-state index >= 15 is 0 Å². The maximum Gasteiger partial charge on any atom is 0.133 e. The van der Waals surface area contributed by atoms with Crippen LogP contribution in [0.2, 0.25) is 0 Å². The average Bonchev–Trinajstić information content (AvgIpc) is 2.82. The molecule has 0 atom stereocenters. The van der Waals surface area contributed by atoms with E-state index in [1.807, 2.05) is 24.3 Å². The van der Waals surface area contributed by atoms with Crippen molar-refractivity contribution in [2.45, 2.75) is 25.7 Å². The molecule has 0 spiro atoms. The van der Waals surface area contributed by atoms with Crippen LogP contribution in [0, 0.1) is 0 Å². The van der Waals surface area contributed by atoms with Crippen LogP contribution in [0.15, 0.2) is 46.9 Å². The minimum Gasteiger partial charge on any atom is -0.492 e. The van der Waals surface area contributed by atoms with Gasteiger partial charge in [-0.1, -0.05) is 24.3 Å². The molecule has 0 saturated heterocycles. The lowest BCUT2D eigenvalue weighted by Gasteiger charge is -2.09. The Morgan fingerprint density at radius 2 is 1.85 bits per heavy atom. The highest BCUT2D eigenvalue weighted by Crippen LogP contribution is 2.29. The van der Waals surface area contributed by atoms with Gasteiger partial charge in [-0.3, -0.25) is 0 Å². The highest BCUT2D eigenvalue weighted by Gasteiger charge is 2.16. The number of aromatic nitrogens is 1. The first-order valence-electron chi connectivity index (χ1n) is 9.02. The van der Waals surface area contributed by atoms with Gasteiger partial charge in [0.15, 0.2) is 0 Å². The fraction of sp³-hybridized carbons (Fsp3) is 0.333. The maximum absolute atomic E-state index is 5.92. The minimum absolute atomic E-state index is 0. The molecule has 2 heterocycles. The third-order valence-electron chi connectivity index (χ3n) is 4.89. The molecule has 1 aliphatic heterocycles. The van der Waals surface area contributed by atoms with Crippen LogP contribution in [-0.4, -0.2) is 24.7 Å². The topological polar surface area (TPSA) is 37.0 Å². The summed E-state index contributed by atoms with van der Waals surface area (Å²) >= 11 is 3.53. The van der Waals surface area contributed by atoms with Crippen molar-refractivity contribution in [2.75, 3.05) is 19.7 Å². The molecule has 5 heteroatoms. The molecule has 0 unspecified atom stereocenters. The molecule has 1 aromatic heterocycles. The molecule has 26 heavy (non-hydrogen) atoms. The molecular formula is C21H24BrClN2O. The van der Waals surface area contributed by atoms with Crippen molar-refractivity contribution in [1.29, 1.82) is 0 Å². The largest absolute Gasteiger partial charge is 0.492 e. The zero-order chi connectivity index (χ0) is 17.1. The number of aryl methyl sites for hydroxylation is 1. The van der Waals surface area contributed by atoms with Crippen molar-refractivity contribution in [3.8, 4) is 5.75 Å². The predicted octanol–water partition coefficient (Wildman–Crippen LogP) is 5.05. The van der Waals surface area contributed by atoms with Crippen LogP contribution < -0.4 is 10.1 Å². The fourth-order valence-electron chi connectivity index (χ4n) is 3.71. The Morgan fingerprint density at radius 3 is 2.73 bits per heavy atom. The van der Waals surface area contributed by atoms with Gasteiger partial charge in [0.1, 0.15) is 5.75 Å². The van der Waals surface area contributed by atoms with Gasteiger partial charge in [-0.2, -0.15) is 0 Å². The molecule has 138 valence electrons. The molecule has 0 radical (unpaired) electrons. The summed E-state index contributed by atoms with van der Waals surface area (Å²) in [5, 5.41) is 4.94. The summed E-state index contributed by atoms with van der Waals surface area (Å²) in [7, 11) is 0. The molecule has 0 fully saturated rings. The molecular weight excluding hydrogens is 412 g/mol.